The molecule has 5 heteroatoms. The SMILES string of the molecule is O=C(NCC#CCN1CCOCC1)c1ccco1. The molecular weight excluding hydrogens is 232 g/mol. The molecule has 96 valence electrons. The zero-order chi connectivity index (χ0) is 12.6. The summed E-state index contributed by atoms with van der Waals surface area (Å²) >= 11 is 0. The lowest BCUT2D eigenvalue weighted by atomic mass is 10.4. The second kappa shape index (κ2) is 6.84. The number of carbonyl (C=O) groups excluding carboxylic acids is 1. The Balaban J connectivity index is 1.64. The van der Waals surface area contributed by atoms with E-state index in [1.807, 2.05) is 0 Å². The van der Waals surface area contributed by atoms with Crippen LogP contribution in [0.1, 0.15) is 10.6 Å². The molecule has 1 aliphatic heterocycles. The number of ether oxygens (including phenoxy) is 1. The van der Waals surface area contributed by atoms with Crippen molar-refractivity contribution in [3.63, 3.8) is 0 Å². The van der Waals surface area contributed by atoms with Gasteiger partial charge in [-0.1, -0.05) is 11.8 Å². The normalized spacial score (nSPS) is 15.8. The van der Waals surface area contributed by atoms with Gasteiger partial charge < -0.3 is 14.5 Å². The maximum Gasteiger partial charge on any atom is 0.287 e. The van der Waals surface area contributed by atoms with E-state index < -0.39 is 0 Å². The first-order valence-electron chi connectivity index (χ1n) is 5.94. The topological polar surface area (TPSA) is 54.7 Å². The molecule has 0 bridgehead atoms. The molecule has 0 atom stereocenters. The summed E-state index contributed by atoms with van der Waals surface area (Å²) in [6.45, 7) is 4.46. The first kappa shape index (κ1) is 12.7. The van der Waals surface area contributed by atoms with Crippen LogP contribution in [0.2, 0.25) is 0 Å². The van der Waals surface area contributed by atoms with E-state index in [1.165, 1.54) is 6.26 Å². The summed E-state index contributed by atoms with van der Waals surface area (Å²) < 4.78 is 10.2. The Morgan fingerprint density at radius 1 is 1.39 bits per heavy atom. The molecular formula is C13H16N2O3. The summed E-state index contributed by atoms with van der Waals surface area (Å²) in [5.74, 6) is 6.02. The van der Waals surface area contributed by atoms with E-state index in [0.717, 1.165) is 32.8 Å². The van der Waals surface area contributed by atoms with Gasteiger partial charge >= 0.3 is 0 Å². The smallest absolute Gasteiger partial charge is 0.287 e. The monoisotopic (exact) mass is 248 g/mol. The highest BCUT2D eigenvalue weighted by atomic mass is 16.5. The third-order valence-electron chi connectivity index (χ3n) is 2.61. The van der Waals surface area contributed by atoms with Gasteiger partial charge in [0.25, 0.3) is 5.91 Å². The molecule has 1 amide bonds. The highest BCUT2D eigenvalue weighted by molar-refractivity contribution is 5.91. The maximum atomic E-state index is 11.5. The summed E-state index contributed by atoms with van der Waals surface area (Å²) in [7, 11) is 0. The summed E-state index contributed by atoms with van der Waals surface area (Å²) in [6.07, 6.45) is 1.47. The molecule has 1 aromatic rings. The number of nitrogens with zero attached hydrogens (tertiary/aromatic N) is 1. The van der Waals surface area contributed by atoms with E-state index in [-0.39, 0.29) is 5.91 Å². The van der Waals surface area contributed by atoms with Crippen LogP contribution in [-0.2, 0) is 4.74 Å². The predicted molar refractivity (Wildman–Crippen MR) is 66.1 cm³/mol. The lowest BCUT2D eigenvalue weighted by Crippen LogP contribution is -2.36. The highest BCUT2D eigenvalue weighted by Gasteiger charge is 2.08. The van der Waals surface area contributed by atoms with Gasteiger partial charge in [0.1, 0.15) is 0 Å². The fourth-order valence-corrected chi connectivity index (χ4v) is 1.61. The molecule has 0 saturated carbocycles. The molecule has 0 aromatic carbocycles. The average molecular weight is 248 g/mol. The van der Waals surface area contributed by atoms with Gasteiger partial charge in [-0.05, 0) is 12.1 Å². The Hall–Kier alpha value is -1.77. The number of morpholine rings is 1. The van der Waals surface area contributed by atoms with Gasteiger partial charge in [-0.15, -0.1) is 0 Å². The molecule has 0 radical (unpaired) electrons. The van der Waals surface area contributed by atoms with Crippen LogP contribution in [0, 0.1) is 11.8 Å². The van der Waals surface area contributed by atoms with Gasteiger partial charge in [0, 0.05) is 13.1 Å². The van der Waals surface area contributed by atoms with Crippen LogP contribution in [0.4, 0.5) is 0 Å². The van der Waals surface area contributed by atoms with Crippen LogP contribution in [0.15, 0.2) is 22.8 Å². The maximum absolute atomic E-state index is 11.5. The Bertz CT molecular complexity index is 425. The van der Waals surface area contributed by atoms with Crippen molar-refractivity contribution in [3.05, 3.63) is 24.2 Å². The first-order chi connectivity index (χ1) is 8.86. The fraction of sp³-hybridized carbons (Fsp3) is 0.462. The molecule has 2 rings (SSSR count). The molecule has 2 heterocycles. The molecule has 1 aliphatic rings. The number of nitrogens with one attached hydrogen (secondary N) is 1. The van der Waals surface area contributed by atoms with Crippen molar-refractivity contribution < 1.29 is 13.9 Å². The number of amides is 1. The van der Waals surface area contributed by atoms with Crippen molar-refractivity contribution >= 4 is 5.91 Å². The molecule has 1 saturated heterocycles. The van der Waals surface area contributed by atoms with Crippen LogP contribution in [0.5, 0.6) is 0 Å². The van der Waals surface area contributed by atoms with Gasteiger partial charge in [-0.25, -0.2) is 0 Å². The zero-order valence-corrected chi connectivity index (χ0v) is 10.1. The Morgan fingerprint density at radius 2 is 2.22 bits per heavy atom. The van der Waals surface area contributed by atoms with Crippen molar-refractivity contribution in [1.29, 1.82) is 0 Å². The third kappa shape index (κ3) is 3.91. The van der Waals surface area contributed by atoms with Crippen LogP contribution in [0.3, 0.4) is 0 Å². The van der Waals surface area contributed by atoms with Gasteiger partial charge in [0.15, 0.2) is 5.76 Å². The molecule has 5 nitrogen and oxygen atoms in total. The number of furan rings is 1. The van der Waals surface area contributed by atoms with Crippen LogP contribution in [0.25, 0.3) is 0 Å². The third-order valence-corrected chi connectivity index (χ3v) is 2.61. The summed E-state index contributed by atoms with van der Waals surface area (Å²) in [4.78, 5) is 13.7. The fourth-order valence-electron chi connectivity index (χ4n) is 1.61. The van der Waals surface area contributed by atoms with Crippen molar-refractivity contribution in [1.82, 2.24) is 10.2 Å². The lowest BCUT2D eigenvalue weighted by molar-refractivity contribution is 0.0443. The van der Waals surface area contributed by atoms with E-state index in [4.69, 9.17) is 9.15 Å². The summed E-state index contributed by atoms with van der Waals surface area (Å²) in [5, 5.41) is 2.67. The predicted octanol–water partition coefficient (Wildman–Crippen LogP) is 0.345. The van der Waals surface area contributed by atoms with Crippen LogP contribution < -0.4 is 5.32 Å². The minimum atomic E-state index is -0.235. The first-order valence-corrected chi connectivity index (χ1v) is 5.94. The molecule has 1 N–H and O–H groups in total. The van der Waals surface area contributed by atoms with Crippen molar-refractivity contribution in [2.75, 3.05) is 39.4 Å². The van der Waals surface area contributed by atoms with Crippen LogP contribution in [-0.4, -0.2) is 50.2 Å². The van der Waals surface area contributed by atoms with Crippen molar-refractivity contribution in [2.45, 2.75) is 0 Å². The number of carbonyl (C=O) groups is 1. The van der Waals surface area contributed by atoms with E-state index in [2.05, 4.69) is 22.1 Å². The Morgan fingerprint density at radius 3 is 2.94 bits per heavy atom. The largest absolute Gasteiger partial charge is 0.459 e. The van der Waals surface area contributed by atoms with Crippen molar-refractivity contribution in [3.8, 4) is 11.8 Å². The minimum absolute atomic E-state index is 0.235. The minimum Gasteiger partial charge on any atom is -0.459 e. The van der Waals surface area contributed by atoms with E-state index in [9.17, 15) is 4.79 Å². The van der Waals surface area contributed by atoms with Gasteiger partial charge in [-0.2, -0.15) is 0 Å². The molecule has 1 aromatic heterocycles. The molecule has 18 heavy (non-hydrogen) atoms. The van der Waals surface area contributed by atoms with E-state index >= 15 is 0 Å². The molecule has 0 aliphatic carbocycles. The number of hydrogen-bond donors (Lipinski definition) is 1. The quantitative estimate of drug-likeness (QED) is 0.784. The standard InChI is InChI=1S/C13H16N2O3/c16-13(12-4-3-9-18-12)14-5-1-2-6-15-7-10-17-11-8-15/h3-4,9H,5-8,10-11H2,(H,14,16). The van der Waals surface area contributed by atoms with E-state index in [0.29, 0.717) is 12.3 Å². The van der Waals surface area contributed by atoms with Crippen LogP contribution >= 0.6 is 0 Å². The molecule has 0 spiro atoms. The molecule has 0 unspecified atom stereocenters. The number of hydrogen-bond acceptors (Lipinski definition) is 4. The second-order valence-electron chi connectivity index (χ2n) is 3.90. The zero-order valence-electron chi connectivity index (χ0n) is 10.1. The highest BCUT2D eigenvalue weighted by Crippen LogP contribution is 1.98. The van der Waals surface area contributed by atoms with Gasteiger partial charge in [0.05, 0.1) is 32.6 Å². The number of rotatable bonds is 3. The second-order valence-corrected chi connectivity index (χ2v) is 3.90. The summed E-state index contributed by atoms with van der Waals surface area (Å²) in [5.41, 5.74) is 0. The van der Waals surface area contributed by atoms with Crippen molar-refractivity contribution in [2.24, 2.45) is 0 Å². The van der Waals surface area contributed by atoms with E-state index in [1.54, 1.807) is 12.1 Å². The lowest BCUT2D eigenvalue weighted by Gasteiger charge is -2.24. The molecule has 1 fully saturated rings. The van der Waals surface area contributed by atoms with Gasteiger partial charge in [0.2, 0.25) is 0 Å². The Kier molecular flexibility index (Phi) is 4.82. The summed E-state index contributed by atoms with van der Waals surface area (Å²) in [6, 6.07) is 3.30. The Labute approximate surface area is 106 Å². The van der Waals surface area contributed by atoms with Gasteiger partial charge in [-0.3, -0.25) is 9.69 Å². The average Bonchev–Trinajstić information content (AvgIpc) is 2.93.